The summed E-state index contributed by atoms with van der Waals surface area (Å²) in [5, 5.41) is 0. The van der Waals surface area contributed by atoms with Gasteiger partial charge in [-0.2, -0.15) is 0 Å². The first-order valence-corrected chi connectivity index (χ1v) is 11.9. The predicted molar refractivity (Wildman–Crippen MR) is 128 cm³/mol. The summed E-state index contributed by atoms with van der Waals surface area (Å²) < 4.78 is 29.5. The van der Waals surface area contributed by atoms with Crippen LogP contribution in [0.3, 0.4) is 0 Å². The highest BCUT2D eigenvalue weighted by Crippen LogP contribution is 2.20. The largest absolute Gasteiger partial charge is 0.466 e. The Morgan fingerprint density at radius 2 is 0.865 bits per heavy atom. The van der Waals surface area contributed by atoms with Crippen molar-refractivity contribution in [2.45, 2.75) is 47.0 Å². The van der Waals surface area contributed by atoms with E-state index < -0.39 is 60.5 Å². The lowest BCUT2D eigenvalue weighted by atomic mass is 9.97. The van der Waals surface area contributed by atoms with Crippen LogP contribution in [-0.4, -0.2) is 75.5 Å². The molecule has 12 nitrogen and oxygen atoms in total. The zero-order valence-corrected chi connectivity index (χ0v) is 21.8. The number of carbonyl (C=O) groups is 6. The van der Waals surface area contributed by atoms with Gasteiger partial charge in [-0.25, -0.2) is 9.59 Å². The quantitative estimate of drug-likeness (QED) is 0.110. The lowest BCUT2D eigenvalue weighted by Gasteiger charge is -2.17. The van der Waals surface area contributed by atoms with E-state index in [1.165, 1.54) is 0 Å². The molecule has 0 aliphatic rings. The maximum Gasteiger partial charge on any atom is 0.334 e. The summed E-state index contributed by atoms with van der Waals surface area (Å²) in [5.74, 6) is -7.45. The van der Waals surface area contributed by atoms with Gasteiger partial charge in [0, 0.05) is 17.6 Å². The second-order valence-corrected chi connectivity index (χ2v) is 7.30. The summed E-state index contributed by atoms with van der Waals surface area (Å²) in [7, 11) is 0. The fourth-order valence-electron chi connectivity index (χ4n) is 2.82. The highest BCUT2D eigenvalue weighted by atomic mass is 16.6. The molecule has 0 N–H and O–H groups in total. The molecule has 0 aromatic rings. The molecular weight excluding hydrogens is 492 g/mol. The Bertz CT molecular complexity index is 777. The van der Waals surface area contributed by atoms with Crippen LogP contribution in [0.4, 0.5) is 0 Å². The van der Waals surface area contributed by atoms with E-state index in [2.05, 4.69) is 13.2 Å². The lowest BCUT2D eigenvalue weighted by Crippen LogP contribution is -2.28. The number of rotatable bonds is 18. The summed E-state index contributed by atoms with van der Waals surface area (Å²) in [4.78, 5) is 72.6. The Morgan fingerprint density at radius 1 is 0.541 bits per heavy atom. The van der Waals surface area contributed by atoms with Gasteiger partial charge >= 0.3 is 35.8 Å². The summed E-state index contributed by atoms with van der Waals surface area (Å²) in [6, 6.07) is 0. The van der Waals surface area contributed by atoms with Crippen molar-refractivity contribution in [3.63, 3.8) is 0 Å². The van der Waals surface area contributed by atoms with E-state index in [0.717, 1.165) is 0 Å². The molecule has 0 radical (unpaired) electrons. The molecule has 0 aromatic carbocycles. The molecule has 0 fully saturated rings. The minimum Gasteiger partial charge on any atom is -0.466 e. The molecule has 0 aliphatic carbocycles. The van der Waals surface area contributed by atoms with Gasteiger partial charge in [0.25, 0.3) is 0 Å². The normalized spacial score (nSPS) is 11.8. The Hall–Kier alpha value is -3.70. The predicted octanol–water partition coefficient (Wildman–Crippen LogP) is 1.84. The van der Waals surface area contributed by atoms with Gasteiger partial charge in [0.2, 0.25) is 0 Å². The second-order valence-electron chi connectivity index (χ2n) is 7.30. The van der Waals surface area contributed by atoms with Crippen LogP contribution in [0.1, 0.15) is 47.0 Å². The average molecular weight is 529 g/mol. The number of hydrogen-bond donors (Lipinski definition) is 0. The van der Waals surface area contributed by atoms with Gasteiger partial charge in [0.15, 0.2) is 0 Å². The molecule has 0 saturated carbocycles. The molecular formula is C25H36O12. The number of carbonyl (C=O) groups excluding carboxylic acids is 6. The van der Waals surface area contributed by atoms with Crippen molar-refractivity contribution in [1.82, 2.24) is 0 Å². The number of ether oxygens (including phenoxy) is 6. The summed E-state index contributed by atoms with van der Waals surface area (Å²) in [6.07, 6.45) is -0.816. The molecule has 0 heterocycles. The first kappa shape index (κ1) is 33.3. The monoisotopic (exact) mass is 528 g/mol. The summed E-state index contributed by atoms with van der Waals surface area (Å²) in [5.41, 5.74) is -0.568. The highest BCUT2D eigenvalue weighted by molar-refractivity contribution is 5.97. The van der Waals surface area contributed by atoms with E-state index in [9.17, 15) is 28.8 Å². The first-order valence-electron chi connectivity index (χ1n) is 11.9. The zero-order valence-electron chi connectivity index (χ0n) is 21.8. The van der Waals surface area contributed by atoms with Crippen LogP contribution in [0.5, 0.6) is 0 Å². The highest BCUT2D eigenvalue weighted by Gasteiger charge is 2.32. The fourth-order valence-corrected chi connectivity index (χ4v) is 2.82. The SMILES string of the molecule is C=C(C(=O)OCCCOC(=O)C(=C)C(CC(=O)OCC)C(=O)OCC)C(CC(=O)OCC)C(=O)OCC. The summed E-state index contributed by atoms with van der Waals surface area (Å²) in [6.45, 7) is 13.3. The van der Waals surface area contributed by atoms with E-state index >= 15 is 0 Å². The molecule has 0 spiro atoms. The van der Waals surface area contributed by atoms with E-state index in [-0.39, 0.29) is 57.2 Å². The maximum absolute atomic E-state index is 12.3. The minimum atomic E-state index is -1.27. The van der Waals surface area contributed by atoms with Gasteiger partial charge < -0.3 is 28.4 Å². The number of esters is 6. The van der Waals surface area contributed by atoms with Crippen LogP contribution in [0, 0.1) is 11.8 Å². The fraction of sp³-hybridized carbons (Fsp3) is 0.600. The standard InChI is InChI=1S/C25H36O12/c1-7-32-20(26)14-18(24(30)34-9-3)16(5)22(28)36-12-11-13-37-23(29)17(6)19(25(31)35-10-4)15-21(27)33-8-2/h18-19H,5-15H2,1-4H3. The van der Waals surface area contributed by atoms with Crippen LogP contribution in [-0.2, 0) is 57.2 Å². The van der Waals surface area contributed by atoms with E-state index in [1.807, 2.05) is 0 Å². The third kappa shape index (κ3) is 12.7. The molecule has 2 atom stereocenters. The molecule has 0 aliphatic heterocycles. The minimum absolute atomic E-state index is 0.0357. The Balaban J connectivity index is 4.84. The second kappa shape index (κ2) is 18.6. The van der Waals surface area contributed by atoms with Crippen molar-refractivity contribution < 1.29 is 57.2 Å². The smallest absolute Gasteiger partial charge is 0.334 e. The van der Waals surface area contributed by atoms with Crippen molar-refractivity contribution >= 4 is 35.8 Å². The lowest BCUT2D eigenvalue weighted by molar-refractivity contribution is -0.155. The topological polar surface area (TPSA) is 158 Å². The first-order chi connectivity index (χ1) is 17.5. The average Bonchev–Trinajstić information content (AvgIpc) is 2.85. The van der Waals surface area contributed by atoms with Gasteiger partial charge in [-0.1, -0.05) is 13.2 Å². The third-order valence-electron chi connectivity index (χ3n) is 4.62. The van der Waals surface area contributed by atoms with Gasteiger partial charge in [0.05, 0.1) is 64.3 Å². The summed E-state index contributed by atoms with van der Waals surface area (Å²) >= 11 is 0. The molecule has 0 rings (SSSR count). The molecule has 12 heteroatoms. The Labute approximate surface area is 216 Å². The van der Waals surface area contributed by atoms with Crippen molar-refractivity contribution in [2.24, 2.45) is 11.8 Å². The van der Waals surface area contributed by atoms with E-state index in [4.69, 9.17) is 28.4 Å². The van der Waals surface area contributed by atoms with Crippen LogP contribution >= 0.6 is 0 Å². The van der Waals surface area contributed by atoms with Gasteiger partial charge in [-0.15, -0.1) is 0 Å². The van der Waals surface area contributed by atoms with Crippen LogP contribution < -0.4 is 0 Å². The zero-order chi connectivity index (χ0) is 28.4. The van der Waals surface area contributed by atoms with E-state index in [1.54, 1.807) is 27.7 Å². The van der Waals surface area contributed by atoms with Crippen molar-refractivity contribution in [3.8, 4) is 0 Å². The Morgan fingerprint density at radius 3 is 1.16 bits per heavy atom. The molecule has 0 bridgehead atoms. The molecule has 208 valence electrons. The van der Waals surface area contributed by atoms with Crippen LogP contribution in [0.2, 0.25) is 0 Å². The van der Waals surface area contributed by atoms with Gasteiger partial charge in [-0.3, -0.25) is 19.2 Å². The van der Waals surface area contributed by atoms with Crippen LogP contribution in [0.15, 0.2) is 24.3 Å². The van der Waals surface area contributed by atoms with Gasteiger partial charge in [0.1, 0.15) is 0 Å². The molecule has 0 amide bonds. The third-order valence-corrected chi connectivity index (χ3v) is 4.62. The Kier molecular flexibility index (Phi) is 16.7. The van der Waals surface area contributed by atoms with Gasteiger partial charge in [-0.05, 0) is 27.7 Å². The van der Waals surface area contributed by atoms with Crippen LogP contribution in [0.25, 0.3) is 0 Å². The molecule has 0 aromatic heterocycles. The molecule has 37 heavy (non-hydrogen) atoms. The number of hydrogen-bond acceptors (Lipinski definition) is 12. The molecule has 0 saturated heterocycles. The van der Waals surface area contributed by atoms with Crippen molar-refractivity contribution in [3.05, 3.63) is 24.3 Å². The van der Waals surface area contributed by atoms with Crippen molar-refractivity contribution in [1.29, 1.82) is 0 Å². The molecule has 2 unspecified atom stereocenters. The van der Waals surface area contributed by atoms with E-state index in [0.29, 0.717) is 0 Å². The van der Waals surface area contributed by atoms with Crippen molar-refractivity contribution in [2.75, 3.05) is 39.6 Å². The maximum atomic E-state index is 12.3.